The highest BCUT2D eigenvalue weighted by atomic mass is 16.4. The number of carboxylic acid groups (broad SMARTS) is 1. The molecule has 0 rings (SSSR count). The lowest BCUT2D eigenvalue weighted by Gasteiger charge is -2.28. The molecule has 0 aliphatic heterocycles. The second-order valence-electron chi connectivity index (χ2n) is 6.98. The second kappa shape index (κ2) is 11.5. The summed E-state index contributed by atoms with van der Waals surface area (Å²) in [5.74, 6) is -3.65. The maximum atomic E-state index is 12.6. The highest BCUT2D eigenvalue weighted by Crippen LogP contribution is 2.08. The van der Waals surface area contributed by atoms with E-state index in [-0.39, 0.29) is 11.8 Å². The molecule has 0 bridgehead atoms. The summed E-state index contributed by atoms with van der Waals surface area (Å²) in [5, 5.41) is 25.4. The SMILES string of the molecule is CCC(C)C(N)C(=O)NC(C(=O)NC(C(=O)NCC(=O)O)C(C)O)C(C)C. The van der Waals surface area contributed by atoms with Crippen LogP contribution in [0.1, 0.15) is 41.0 Å². The lowest BCUT2D eigenvalue weighted by atomic mass is 9.97. The fourth-order valence-electron chi connectivity index (χ4n) is 2.22. The summed E-state index contributed by atoms with van der Waals surface area (Å²) in [5.41, 5.74) is 5.88. The normalized spacial score (nSPS) is 16.6. The van der Waals surface area contributed by atoms with E-state index in [9.17, 15) is 24.3 Å². The zero-order valence-electron chi connectivity index (χ0n) is 16.5. The van der Waals surface area contributed by atoms with E-state index in [1.807, 2.05) is 13.8 Å². The number of hydrogen-bond donors (Lipinski definition) is 6. The first-order valence-corrected chi connectivity index (χ1v) is 8.96. The molecule has 0 aliphatic rings. The van der Waals surface area contributed by atoms with Crippen LogP contribution in [0.15, 0.2) is 0 Å². The summed E-state index contributed by atoms with van der Waals surface area (Å²) >= 11 is 0. The van der Waals surface area contributed by atoms with Gasteiger partial charge in [0.25, 0.3) is 0 Å². The largest absolute Gasteiger partial charge is 0.480 e. The van der Waals surface area contributed by atoms with Gasteiger partial charge in [0.05, 0.1) is 12.1 Å². The molecule has 0 radical (unpaired) electrons. The average molecular weight is 388 g/mol. The van der Waals surface area contributed by atoms with Gasteiger partial charge in [0.15, 0.2) is 0 Å². The zero-order valence-corrected chi connectivity index (χ0v) is 16.5. The van der Waals surface area contributed by atoms with Crippen LogP contribution in [0.4, 0.5) is 0 Å². The van der Waals surface area contributed by atoms with Crippen molar-refractivity contribution in [2.75, 3.05) is 6.54 Å². The Hall–Kier alpha value is -2.20. The van der Waals surface area contributed by atoms with Crippen LogP contribution in [0.2, 0.25) is 0 Å². The second-order valence-corrected chi connectivity index (χ2v) is 6.98. The smallest absolute Gasteiger partial charge is 0.322 e. The minimum absolute atomic E-state index is 0.0760. The fourth-order valence-corrected chi connectivity index (χ4v) is 2.22. The van der Waals surface area contributed by atoms with Gasteiger partial charge in [-0.3, -0.25) is 19.2 Å². The van der Waals surface area contributed by atoms with E-state index >= 15 is 0 Å². The number of aliphatic hydroxyl groups is 1. The summed E-state index contributed by atoms with van der Waals surface area (Å²) in [6.07, 6.45) is -0.574. The molecule has 0 aliphatic carbocycles. The number of aliphatic hydroxyl groups excluding tert-OH is 1. The van der Waals surface area contributed by atoms with Crippen LogP contribution in [0.3, 0.4) is 0 Å². The molecule has 0 heterocycles. The van der Waals surface area contributed by atoms with Gasteiger partial charge in [0.1, 0.15) is 18.6 Å². The predicted molar refractivity (Wildman–Crippen MR) is 98.5 cm³/mol. The first kappa shape index (κ1) is 24.8. The number of carbonyl (C=O) groups excluding carboxylic acids is 3. The van der Waals surface area contributed by atoms with Gasteiger partial charge < -0.3 is 31.9 Å². The molecule has 0 aromatic heterocycles. The Morgan fingerprint density at radius 3 is 1.85 bits per heavy atom. The summed E-state index contributed by atoms with van der Waals surface area (Å²) in [6.45, 7) is 7.78. The van der Waals surface area contributed by atoms with Crippen molar-refractivity contribution in [1.29, 1.82) is 0 Å². The Balaban J connectivity index is 5.14. The van der Waals surface area contributed by atoms with Crippen LogP contribution in [0.5, 0.6) is 0 Å². The first-order valence-electron chi connectivity index (χ1n) is 8.96. The number of hydrogen-bond acceptors (Lipinski definition) is 6. The number of nitrogens with two attached hydrogens (primary N) is 1. The molecule has 156 valence electrons. The van der Waals surface area contributed by atoms with Gasteiger partial charge in [0, 0.05) is 0 Å². The molecule has 0 spiro atoms. The number of amides is 3. The zero-order chi connectivity index (χ0) is 21.3. The highest BCUT2D eigenvalue weighted by molar-refractivity contribution is 5.94. The third-order valence-corrected chi connectivity index (χ3v) is 4.28. The van der Waals surface area contributed by atoms with E-state index in [2.05, 4.69) is 16.0 Å². The van der Waals surface area contributed by atoms with Crippen molar-refractivity contribution in [2.45, 2.75) is 65.3 Å². The number of nitrogens with one attached hydrogen (secondary N) is 3. The Labute approximate surface area is 159 Å². The molecule has 0 fully saturated rings. The minimum atomic E-state index is -1.36. The van der Waals surface area contributed by atoms with Crippen molar-refractivity contribution in [1.82, 2.24) is 16.0 Å². The third kappa shape index (κ3) is 8.35. The molecule has 10 heteroatoms. The Bertz CT molecular complexity index is 538. The monoisotopic (exact) mass is 388 g/mol. The number of carboxylic acids is 1. The lowest BCUT2D eigenvalue weighted by Crippen LogP contribution is -2.60. The van der Waals surface area contributed by atoms with Gasteiger partial charge in [-0.25, -0.2) is 0 Å². The van der Waals surface area contributed by atoms with E-state index in [0.717, 1.165) is 0 Å². The van der Waals surface area contributed by atoms with E-state index in [4.69, 9.17) is 10.8 Å². The Morgan fingerprint density at radius 1 is 0.926 bits per heavy atom. The average Bonchev–Trinajstić information content (AvgIpc) is 2.59. The topological polar surface area (TPSA) is 171 Å². The highest BCUT2D eigenvalue weighted by Gasteiger charge is 2.32. The number of carbonyl (C=O) groups is 4. The lowest BCUT2D eigenvalue weighted by molar-refractivity contribution is -0.139. The number of aliphatic carboxylic acids is 1. The molecule has 3 amide bonds. The molecule has 0 aromatic carbocycles. The quantitative estimate of drug-likeness (QED) is 0.252. The van der Waals surface area contributed by atoms with Gasteiger partial charge in [-0.2, -0.15) is 0 Å². The Morgan fingerprint density at radius 2 is 1.44 bits per heavy atom. The fraction of sp³-hybridized carbons (Fsp3) is 0.765. The van der Waals surface area contributed by atoms with Crippen LogP contribution in [0.25, 0.3) is 0 Å². The van der Waals surface area contributed by atoms with Crippen LogP contribution in [0, 0.1) is 11.8 Å². The van der Waals surface area contributed by atoms with Crippen LogP contribution < -0.4 is 21.7 Å². The van der Waals surface area contributed by atoms with Crippen molar-refractivity contribution in [3.63, 3.8) is 0 Å². The summed E-state index contributed by atoms with van der Waals surface area (Å²) in [4.78, 5) is 47.4. The third-order valence-electron chi connectivity index (χ3n) is 4.28. The maximum Gasteiger partial charge on any atom is 0.322 e. The number of rotatable bonds is 11. The van der Waals surface area contributed by atoms with E-state index in [0.29, 0.717) is 6.42 Å². The Kier molecular flexibility index (Phi) is 10.6. The van der Waals surface area contributed by atoms with Crippen LogP contribution in [-0.4, -0.2) is 64.7 Å². The molecule has 27 heavy (non-hydrogen) atoms. The van der Waals surface area contributed by atoms with Crippen molar-refractivity contribution in [3.05, 3.63) is 0 Å². The van der Waals surface area contributed by atoms with Crippen molar-refractivity contribution in [2.24, 2.45) is 17.6 Å². The van der Waals surface area contributed by atoms with Crippen LogP contribution >= 0.6 is 0 Å². The minimum Gasteiger partial charge on any atom is -0.480 e. The van der Waals surface area contributed by atoms with E-state index in [1.165, 1.54) is 6.92 Å². The summed E-state index contributed by atoms with van der Waals surface area (Å²) in [7, 11) is 0. The van der Waals surface area contributed by atoms with Crippen molar-refractivity contribution < 1.29 is 29.4 Å². The molecule has 5 unspecified atom stereocenters. The maximum absolute atomic E-state index is 12.6. The molecule has 7 N–H and O–H groups in total. The van der Waals surface area contributed by atoms with Gasteiger partial charge in [-0.15, -0.1) is 0 Å². The predicted octanol–water partition coefficient (Wildman–Crippen LogP) is -1.43. The molecule has 0 saturated heterocycles. The molecule has 0 saturated carbocycles. The van der Waals surface area contributed by atoms with E-state index < -0.39 is 54.5 Å². The summed E-state index contributed by atoms with van der Waals surface area (Å²) in [6, 6.07) is -3.12. The summed E-state index contributed by atoms with van der Waals surface area (Å²) < 4.78 is 0. The molecule has 10 nitrogen and oxygen atoms in total. The molecular formula is C17H32N4O6. The van der Waals surface area contributed by atoms with Crippen LogP contribution in [-0.2, 0) is 19.2 Å². The van der Waals surface area contributed by atoms with Gasteiger partial charge in [-0.05, 0) is 18.8 Å². The first-order chi connectivity index (χ1) is 12.4. The van der Waals surface area contributed by atoms with Gasteiger partial charge in [0.2, 0.25) is 17.7 Å². The van der Waals surface area contributed by atoms with Crippen molar-refractivity contribution in [3.8, 4) is 0 Å². The molecule has 5 atom stereocenters. The van der Waals surface area contributed by atoms with Gasteiger partial charge >= 0.3 is 5.97 Å². The van der Waals surface area contributed by atoms with Gasteiger partial charge in [-0.1, -0.05) is 34.1 Å². The van der Waals surface area contributed by atoms with E-state index in [1.54, 1.807) is 13.8 Å². The molecule has 0 aromatic rings. The molecular weight excluding hydrogens is 356 g/mol. The van der Waals surface area contributed by atoms with Crippen molar-refractivity contribution >= 4 is 23.7 Å². The standard InChI is InChI=1S/C17H32N4O6/c1-6-9(4)12(18)15(25)20-13(8(2)3)17(27)21-14(10(5)22)16(26)19-7-11(23)24/h8-10,12-14,22H,6-7,18H2,1-5H3,(H,19,26)(H,20,25)(H,21,27)(H,23,24).